The molecule has 0 bridgehead atoms. The van der Waals surface area contributed by atoms with E-state index in [1.54, 1.807) is 0 Å². The molecular formula is C37H21N3O. The lowest BCUT2D eigenvalue weighted by Crippen LogP contribution is -2.00. The van der Waals surface area contributed by atoms with Gasteiger partial charge < -0.3 is 4.42 Å². The summed E-state index contributed by atoms with van der Waals surface area (Å²) in [4.78, 5) is 14.8. The van der Waals surface area contributed by atoms with Crippen LogP contribution in [0, 0.1) is 0 Å². The highest BCUT2D eigenvalue weighted by atomic mass is 16.3. The Kier molecular flexibility index (Phi) is 4.58. The third-order valence-corrected chi connectivity index (χ3v) is 8.05. The first-order valence-corrected chi connectivity index (χ1v) is 13.7. The van der Waals surface area contributed by atoms with Gasteiger partial charge in [0, 0.05) is 32.8 Å². The van der Waals surface area contributed by atoms with Crippen LogP contribution in [0.5, 0.6) is 0 Å². The van der Waals surface area contributed by atoms with Crippen LogP contribution in [0.15, 0.2) is 132 Å². The van der Waals surface area contributed by atoms with Gasteiger partial charge >= 0.3 is 0 Å². The molecule has 0 radical (unpaired) electrons. The molecule has 0 aliphatic rings. The third kappa shape index (κ3) is 3.31. The molecule has 190 valence electrons. The Balaban J connectivity index is 1.37. The minimum Gasteiger partial charge on any atom is -0.456 e. The predicted octanol–water partition coefficient (Wildman–Crippen LogP) is 9.67. The highest BCUT2D eigenvalue weighted by molar-refractivity contribution is 6.38. The van der Waals surface area contributed by atoms with E-state index in [-0.39, 0.29) is 0 Å². The van der Waals surface area contributed by atoms with Crippen LogP contribution >= 0.6 is 0 Å². The molecule has 0 unspecified atom stereocenters. The Bertz CT molecular complexity index is 2350. The lowest BCUT2D eigenvalue weighted by molar-refractivity contribution is 0.670. The number of fused-ring (bicyclic) bond motifs is 5. The van der Waals surface area contributed by atoms with E-state index in [0.29, 0.717) is 17.5 Å². The van der Waals surface area contributed by atoms with Gasteiger partial charge in [-0.25, -0.2) is 15.0 Å². The zero-order valence-electron chi connectivity index (χ0n) is 21.9. The monoisotopic (exact) mass is 523 g/mol. The van der Waals surface area contributed by atoms with Crippen molar-refractivity contribution in [2.75, 3.05) is 0 Å². The molecule has 4 nitrogen and oxygen atoms in total. The lowest BCUT2D eigenvalue weighted by atomic mass is 9.90. The van der Waals surface area contributed by atoms with Crippen LogP contribution in [0.2, 0.25) is 0 Å². The summed E-state index contributed by atoms with van der Waals surface area (Å²) in [5, 5.41) is 9.49. The van der Waals surface area contributed by atoms with Gasteiger partial charge in [0.15, 0.2) is 17.5 Å². The van der Waals surface area contributed by atoms with Crippen molar-refractivity contribution in [3.63, 3.8) is 0 Å². The topological polar surface area (TPSA) is 51.8 Å². The predicted molar refractivity (Wildman–Crippen MR) is 167 cm³/mol. The van der Waals surface area contributed by atoms with Gasteiger partial charge in [-0.1, -0.05) is 109 Å². The Morgan fingerprint density at radius 2 is 0.976 bits per heavy atom. The largest absolute Gasteiger partial charge is 0.456 e. The molecule has 0 atom stereocenters. The third-order valence-electron chi connectivity index (χ3n) is 8.05. The minimum absolute atomic E-state index is 0.647. The standard InChI is InChI=1S/C37H21N3O/c1-3-10-22(11-4-1)35-38-36(23-12-5-2-6-13-23)40-37(39-35)25-18-19-28-29(20-25)27-16-9-17-30-33(27)34-31(41-30)21-24-14-7-8-15-26(24)32(28)34/h1-21H. The van der Waals surface area contributed by atoms with E-state index >= 15 is 0 Å². The van der Waals surface area contributed by atoms with Gasteiger partial charge in [-0.3, -0.25) is 0 Å². The highest BCUT2D eigenvalue weighted by Gasteiger charge is 2.20. The van der Waals surface area contributed by atoms with Crippen LogP contribution in [-0.4, -0.2) is 15.0 Å². The summed E-state index contributed by atoms with van der Waals surface area (Å²) < 4.78 is 6.40. The Hall–Kier alpha value is -5.61. The summed E-state index contributed by atoms with van der Waals surface area (Å²) in [6.45, 7) is 0. The maximum atomic E-state index is 6.40. The molecular weight excluding hydrogens is 502 g/mol. The van der Waals surface area contributed by atoms with Crippen molar-refractivity contribution in [1.29, 1.82) is 0 Å². The smallest absolute Gasteiger partial charge is 0.164 e. The van der Waals surface area contributed by atoms with Crippen molar-refractivity contribution in [3.05, 3.63) is 127 Å². The van der Waals surface area contributed by atoms with Crippen molar-refractivity contribution in [2.24, 2.45) is 0 Å². The molecule has 0 aliphatic heterocycles. The van der Waals surface area contributed by atoms with Gasteiger partial charge in [0.1, 0.15) is 11.2 Å². The van der Waals surface area contributed by atoms with Gasteiger partial charge in [-0.2, -0.15) is 0 Å². The van der Waals surface area contributed by atoms with E-state index in [0.717, 1.165) is 33.2 Å². The van der Waals surface area contributed by atoms with Crippen LogP contribution in [-0.2, 0) is 0 Å². The second-order valence-electron chi connectivity index (χ2n) is 10.4. The minimum atomic E-state index is 0.647. The average molecular weight is 524 g/mol. The summed E-state index contributed by atoms with van der Waals surface area (Å²) in [7, 11) is 0. The van der Waals surface area contributed by atoms with Crippen molar-refractivity contribution < 1.29 is 4.42 Å². The van der Waals surface area contributed by atoms with Gasteiger partial charge in [-0.05, 0) is 45.1 Å². The van der Waals surface area contributed by atoms with E-state index in [4.69, 9.17) is 19.4 Å². The number of furan rings is 1. The van der Waals surface area contributed by atoms with Crippen LogP contribution < -0.4 is 0 Å². The van der Waals surface area contributed by atoms with E-state index < -0.39 is 0 Å². The summed E-state index contributed by atoms with van der Waals surface area (Å²) in [6.07, 6.45) is 0. The highest BCUT2D eigenvalue weighted by Crippen LogP contribution is 2.46. The van der Waals surface area contributed by atoms with Gasteiger partial charge in [0.25, 0.3) is 0 Å². The van der Waals surface area contributed by atoms with E-state index in [2.05, 4.69) is 66.7 Å². The first-order valence-electron chi connectivity index (χ1n) is 13.7. The molecule has 0 saturated heterocycles. The zero-order valence-corrected chi connectivity index (χ0v) is 21.9. The molecule has 0 amide bonds. The fraction of sp³-hybridized carbons (Fsp3) is 0. The van der Waals surface area contributed by atoms with Crippen molar-refractivity contribution in [2.45, 2.75) is 0 Å². The fourth-order valence-corrected chi connectivity index (χ4v) is 6.21. The number of hydrogen-bond acceptors (Lipinski definition) is 4. The van der Waals surface area contributed by atoms with Crippen molar-refractivity contribution in [1.82, 2.24) is 15.0 Å². The molecule has 0 spiro atoms. The molecule has 0 fully saturated rings. The van der Waals surface area contributed by atoms with Crippen LogP contribution in [0.3, 0.4) is 0 Å². The summed E-state index contributed by atoms with van der Waals surface area (Å²) in [6, 6.07) is 43.8. The SMILES string of the molecule is c1ccc(-c2nc(-c3ccccc3)nc(-c3ccc4c(c3)c3cccc5oc6cc7ccccc7c4c6c53)n2)cc1. The molecule has 9 rings (SSSR count). The second kappa shape index (κ2) is 8.44. The number of aromatic nitrogens is 3. The number of rotatable bonds is 3. The van der Waals surface area contributed by atoms with E-state index in [9.17, 15) is 0 Å². The Morgan fingerprint density at radius 1 is 0.366 bits per heavy atom. The molecule has 2 aromatic heterocycles. The van der Waals surface area contributed by atoms with Crippen LogP contribution in [0.1, 0.15) is 0 Å². The van der Waals surface area contributed by atoms with Gasteiger partial charge in [-0.15, -0.1) is 0 Å². The number of hydrogen-bond donors (Lipinski definition) is 0. The second-order valence-corrected chi connectivity index (χ2v) is 10.4. The van der Waals surface area contributed by atoms with Gasteiger partial charge in [0.2, 0.25) is 0 Å². The zero-order chi connectivity index (χ0) is 26.9. The summed E-state index contributed by atoms with van der Waals surface area (Å²) in [5.74, 6) is 1.96. The lowest BCUT2D eigenvalue weighted by Gasteiger charge is -2.13. The molecule has 41 heavy (non-hydrogen) atoms. The molecule has 9 aromatic rings. The first-order chi connectivity index (χ1) is 20.3. The Morgan fingerprint density at radius 3 is 1.71 bits per heavy atom. The van der Waals surface area contributed by atoms with Crippen LogP contribution in [0.25, 0.3) is 88.4 Å². The molecule has 7 aromatic carbocycles. The average Bonchev–Trinajstić information content (AvgIpc) is 3.42. The number of benzene rings is 7. The van der Waals surface area contributed by atoms with E-state index in [1.165, 1.54) is 37.7 Å². The fourth-order valence-electron chi connectivity index (χ4n) is 6.21. The van der Waals surface area contributed by atoms with Crippen molar-refractivity contribution in [3.8, 4) is 34.2 Å². The van der Waals surface area contributed by atoms with Crippen molar-refractivity contribution >= 4 is 54.3 Å². The maximum Gasteiger partial charge on any atom is 0.164 e. The first kappa shape index (κ1) is 22.2. The number of nitrogens with zero attached hydrogens (tertiary/aromatic N) is 3. The van der Waals surface area contributed by atoms with Crippen LogP contribution in [0.4, 0.5) is 0 Å². The molecule has 0 N–H and O–H groups in total. The maximum absolute atomic E-state index is 6.40. The molecule has 0 aliphatic carbocycles. The van der Waals surface area contributed by atoms with Gasteiger partial charge in [0.05, 0.1) is 0 Å². The quantitative estimate of drug-likeness (QED) is 0.216. The Labute approximate surface area is 234 Å². The molecule has 0 saturated carbocycles. The normalized spacial score (nSPS) is 11.9. The molecule has 2 heterocycles. The molecule has 4 heteroatoms. The summed E-state index contributed by atoms with van der Waals surface area (Å²) in [5.41, 5.74) is 4.69. The summed E-state index contributed by atoms with van der Waals surface area (Å²) >= 11 is 0. The van der Waals surface area contributed by atoms with E-state index in [1.807, 2.05) is 60.7 Å².